The highest BCUT2D eigenvalue weighted by Gasteiger charge is 2.51. The van der Waals surface area contributed by atoms with Crippen LogP contribution in [0.4, 0.5) is 27.9 Å². The van der Waals surface area contributed by atoms with E-state index in [9.17, 15) is 17.6 Å². The molecule has 2 saturated heterocycles. The molecule has 1 atom stereocenters. The van der Waals surface area contributed by atoms with Crippen molar-refractivity contribution in [3.8, 4) is 17.0 Å². The summed E-state index contributed by atoms with van der Waals surface area (Å²) in [7, 11) is -3.04. The Morgan fingerprint density at radius 2 is 2.16 bits per heavy atom. The largest absolute Gasteiger partial charge is 0.479 e. The first-order valence-corrected chi connectivity index (χ1v) is 11.2. The third-order valence-electron chi connectivity index (χ3n) is 6.54. The second-order valence-corrected chi connectivity index (χ2v) is 8.93. The Morgan fingerprint density at radius 1 is 1.32 bits per heavy atom. The van der Waals surface area contributed by atoms with E-state index in [1.54, 1.807) is 4.90 Å². The van der Waals surface area contributed by atoms with Crippen LogP contribution in [0.3, 0.4) is 0 Å². The van der Waals surface area contributed by atoms with Crippen molar-refractivity contribution in [2.75, 3.05) is 38.7 Å². The molecule has 0 spiro atoms. The number of ether oxygens (including phenoxy) is 2. The summed E-state index contributed by atoms with van der Waals surface area (Å²) in [6.45, 7) is -0.623. The number of nitrogens with zero attached hydrogens (tertiary/aromatic N) is 7. The first-order valence-electron chi connectivity index (χ1n) is 12.7. The molecular formula is C22H21F5N8O2. The summed E-state index contributed by atoms with van der Waals surface area (Å²) in [4.78, 5) is 5.61. The van der Waals surface area contributed by atoms with Gasteiger partial charge in [0.05, 0.1) is 54.2 Å². The van der Waals surface area contributed by atoms with Gasteiger partial charge in [-0.05, 0) is 17.7 Å². The summed E-state index contributed by atoms with van der Waals surface area (Å²) in [5.41, 5.74) is 0.192. The summed E-state index contributed by atoms with van der Waals surface area (Å²) in [6, 6.07) is 2.67. The van der Waals surface area contributed by atoms with Crippen molar-refractivity contribution in [3.05, 3.63) is 30.2 Å². The lowest BCUT2D eigenvalue weighted by atomic mass is 10.1. The third kappa shape index (κ3) is 4.11. The normalized spacial score (nSPS) is 21.8. The fraction of sp³-hybridized carbons (Fsp3) is 0.455. The molecule has 10 nitrogen and oxygen atoms in total. The van der Waals surface area contributed by atoms with Crippen LogP contribution in [-0.4, -0.2) is 92.3 Å². The number of fused-ring (bicyclic) bond motifs is 2. The van der Waals surface area contributed by atoms with Crippen molar-refractivity contribution < 1.29 is 35.5 Å². The first-order chi connectivity index (χ1) is 18.9. The van der Waals surface area contributed by atoms with Crippen LogP contribution in [0.5, 0.6) is 5.88 Å². The van der Waals surface area contributed by atoms with Gasteiger partial charge < -0.3 is 14.8 Å². The third-order valence-corrected chi connectivity index (χ3v) is 6.54. The molecule has 1 aromatic carbocycles. The molecule has 37 heavy (non-hydrogen) atoms. The van der Waals surface area contributed by atoms with Gasteiger partial charge in [0.1, 0.15) is 23.6 Å². The summed E-state index contributed by atoms with van der Waals surface area (Å²) >= 11 is 0. The number of benzene rings is 1. The zero-order valence-corrected chi connectivity index (χ0v) is 18.9. The van der Waals surface area contributed by atoms with Crippen LogP contribution in [0.25, 0.3) is 27.7 Å². The van der Waals surface area contributed by atoms with E-state index in [-0.39, 0.29) is 40.3 Å². The van der Waals surface area contributed by atoms with E-state index >= 15 is 4.39 Å². The predicted octanol–water partition coefficient (Wildman–Crippen LogP) is 2.68. The number of likely N-dealkylation sites (tertiary alicyclic amines) is 1. The topological polar surface area (TPSA) is 94.6 Å². The number of aromatic nitrogens is 6. The van der Waals surface area contributed by atoms with Crippen molar-refractivity contribution >= 4 is 22.5 Å². The highest BCUT2D eigenvalue weighted by Crippen LogP contribution is 2.36. The lowest BCUT2D eigenvalue weighted by Gasteiger charge is -2.34. The van der Waals surface area contributed by atoms with E-state index in [0.29, 0.717) is 13.2 Å². The molecule has 0 bridgehead atoms. The fourth-order valence-corrected chi connectivity index (χ4v) is 4.65. The Hall–Kier alpha value is -3.59. The van der Waals surface area contributed by atoms with Crippen molar-refractivity contribution in [2.24, 2.45) is 0 Å². The number of hydrogen-bond donors (Lipinski definition) is 1. The average molecular weight is 527 g/mol. The number of alkyl halides is 4. The van der Waals surface area contributed by atoms with Gasteiger partial charge in [-0.15, -0.1) is 10.2 Å². The molecule has 6 rings (SSSR count). The molecule has 15 heteroatoms. The van der Waals surface area contributed by atoms with Crippen LogP contribution in [0.15, 0.2) is 24.4 Å². The fourth-order valence-electron chi connectivity index (χ4n) is 4.65. The quantitative estimate of drug-likeness (QED) is 0.367. The van der Waals surface area contributed by atoms with Crippen LogP contribution >= 0.6 is 0 Å². The van der Waals surface area contributed by atoms with E-state index < -0.39 is 56.2 Å². The molecule has 0 saturated carbocycles. The van der Waals surface area contributed by atoms with Crippen molar-refractivity contribution in [2.45, 2.75) is 31.0 Å². The van der Waals surface area contributed by atoms with E-state index in [4.69, 9.17) is 13.6 Å². The number of rotatable bonds is 7. The van der Waals surface area contributed by atoms with Crippen molar-refractivity contribution in [1.82, 2.24) is 34.5 Å². The second kappa shape index (κ2) is 8.76. The standard InChI is InChI=1S/C22H21F5N8O2/c1-36-20-19-18(11-2-3-14-15(4-11)34(32-30-14)7-17(24)25)13(23)5-35(19)31-21(29-20)28-16-6-33(10-22(16,26)27)12-8-37-9-12/h2-5,12,16-17H,6-10H2,1H3,(H,28,31)/i1D3. The second-order valence-electron chi connectivity index (χ2n) is 8.93. The number of methoxy groups -OCH3 is 1. The minimum absolute atomic E-state index is 0.0521. The average Bonchev–Trinajstić information content (AvgIpc) is 3.44. The Bertz CT molecular complexity index is 1580. The zero-order chi connectivity index (χ0) is 28.4. The minimum Gasteiger partial charge on any atom is -0.479 e. The number of anilines is 1. The predicted molar refractivity (Wildman–Crippen MR) is 121 cm³/mol. The van der Waals surface area contributed by atoms with Gasteiger partial charge in [0.2, 0.25) is 11.8 Å². The molecule has 2 fully saturated rings. The Labute approximate surface area is 210 Å². The highest BCUT2D eigenvalue weighted by atomic mass is 19.3. The molecule has 2 aliphatic rings. The van der Waals surface area contributed by atoms with Gasteiger partial charge in [-0.2, -0.15) is 4.98 Å². The number of halogens is 5. The maximum absolute atomic E-state index is 15.4. The minimum atomic E-state index is -3.17. The molecule has 3 aromatic heterocycles. The van der Waals surface area contributed by atoms with Crippen LogP contribution in [-0.2, 0) is 11.3 Å². The van der Waals surface area contributed by atoms with Crippen LogP contribution < -0.4 is 10.1 Å². The van der Waals surface area contributed by atoms with Gasteiger partial charge >= 0.3 is 0 Å². The molecule has 4 aromatic rings. The molecule has 5 heterocycles. The lowest BCUT2D eigenvalue weighted by Crippen LogP contribution is -2.48. The van der Waals surface area contributed by atoms with Gasteiger partial charge in [0.25, 0.3) is 12.3 Å². The summed E-state index contributed by atoms with van der Waals surface area (Å²) in [5, 5.41) is 14.2. The van der Waals surface area contributed by atoms with Gasteiger partial charge in [-0.1, -0.05) is 11.3 Å². The molecule has 196 valence electrons. The Kier molecular flexibility index (Phi) is 4.85. The highest BCUT2D eigenvalue weighted by molar-refractivity contribution is 5.89. The van der Waals surface area contributed by atoms with Crippen LogP contribution in [0.1, 0.15) is 4.11 Å². The Balaban J connectivity index is 1.41. The summed E-state index contributed by atoms with van der Waals surface area (Å²) < 4.78 is 106. The molecular weight excluding hydrogens is 503 g/mol. The van der Waals surface area contributed by atoms with Gasteiger partial charge in [-0.25, -0.2) is 31.1 Å². The van der Waals surface area contributed by atoms with E-state index in [0.717, 1.165) is 15.4 Å². The number of hydrogen-bond acceptors (Lipinski definition) is 8. The maximum atomic E-state index is 15.4. The molecule has 0 aliphatic carbocycles. The van der Waals surface area contributed by atoms with Gasteiger partial charge in [0.15, 0.2) is 5.82 Å². The zero-order valence-electron chi connectivity index (χ0n) is 21.9. The molecule has 1 unspecified atom stereocenters. The lowest BCUT2D eigenvalue weighted by molar-refractivity contribution is -0.0711. The number of nitrogens with one attached hydrogen (secondary N) is 1. The molecule has 0 amide bonds. The molecule has 0 radical (unpaired) electrons. The van der Waals surface area contributed by atoms with E-state index in [1.165, 1.54) is 18.2 Å². The summed E-state index contributed by atoms with van der Waals surface area (Å²) in [6.07, 6.45) is -1.81. The monoisotopic (exact) mass is 527 g/mol. The smallest absolute Gasteiger partial charge is 0.281 e. The van der Waals surface area contributed by atoms with Gasteiger partial charge in [-0.3, -0.25) is 4.90 Å². The van der Waals surface area contributed by atoms with E-state index in [2.05, 4.69) is 25.7 Å². The van der Waals surface area contributed by atoms with E-state index in [1.807, 2.05) is 0 Å². The van der Waals surface area contributed by atoms with Crippen LogP contribution in [0, 0.1) is 5.82 Å². The summed E-state index contributed by atoms with van der Waals surface area (Å²) in [5.74, 6) is -5.05. The van der Waals surface area contributed by atoms with Crippen molar-refractivity contribution in [1.29, 1.82) is 0 Å². The van der Waals surface area contributed by atoms with Gasteiger partial charge in [0, 0.05) is 6.54 Å². The SMILES string of the molecule is [2H]C([2H])([2H])Oc1nc(NC2CN(C3COC3)CC2(F)F)nn2cc(F)c(-c3ccc4nnn(CC(F)F)c4c3)c12. The maximum Gasteiger partial charge on any atom is 0.281 e. The Morgan fingerprint density at radius 3 is 2.89 bits per heavy atom. The first kappa shape index (κ1) is 20.5. The van der Waals surface area contributed by atoms with Crippen LogP contribution in [0.2, 0.25) is 0 Å². The molecule has 1 N–H and O–H groups in total. The van der Waals surface area contributed by atoms with Crippen molar-refractivity contribution in [3.63, 3.8) is 0 Å². The molecule has 2 aliphatic heterocycles.